The third-order valence-electron chi connectivity index (χ3n) is 1.01. The molecular weight excluding hydrogens is 128 g/mol. The first-order valence-electron chi connectivity index (χ1n) is 2.77. The first-order valence-corrected chi connectivity index (χ1v) is 2.77. The Morgan fingerprint density at radius 1 is 1.80 bits per heavy atom. The Morgan fingerprint density at radius 2 is 2.60 bits per heavy atom. The van der Waals surface area contributed by atoms with Crippen LogP contribution in [0.1, 0.15) is 5.69 Å². The summed E-state index contributed by atoms with van der Waals surface area (Å²) >= 11 is 0. The van der Waals surface area contributed by atoms with E-state index in [0.29, 0.717) is 11.5 Å². The van der Waals surface area contributed by atoms with Gasteiger partial charge in [-0.15, -0.1) is 0 Å². The molecule has 0 spiro atoms. The Labute approximate surface area is 58.5 Å². The maximum absolute atomic E-state index is 5.41. The summed E-state index contributed by atoms with van der Waals surface area (Å²) < 4.78 is 0. The van der Waals surface area contributed by atoms with Crippen LogP contribution in [0.15, 0.2) is 24.1 Å². The molecule has 3 N–H and O–H groups in total. The molecule has 10 heavy (non-hydrogen) atoms. The number of hydrogen-bond donors (Lipinski definition) is 2. The Hall–Kier alpha value is -1.58. The van der Waals surface area contributed by atoms with Crippen molar-refractivity contribution in [2.24, 2.45) is 4.99 Å². The highest BCUT2D eigenvalue weighted by Gasteiger charge is 1.93. The number of anilines is 1. The van der Waals surface area contributed by atoms with Gasteiger partial charge in [0.05, 0.1) is 12.5 Å². The molecule has 0 fully saturated rings. The molecule has 0 atom stereocenters. The van der Waals surface area contributed by atoms with E-state index in [1.807, 2.05) is 0 Å². The third kappa shape index (κ3) is 1.22. The van der Waals surface area contributed by atoms with E-state index >= 15 is 0 Å². The number of aromatic nitrogens is 2. The minimum absolute atomic E-state index is 0.450. The molecule has 4 nitrogen and oxygen atoms in total. The molecule has 1 aromatic rings. The topological polar surface area (TPSA) is 67.1 Å². The molecule has 1 heterocycles. The van der Waals surface area contributed by atoms with E-state index in [1.165, 1.54) is 12.5 Å². The summed E-state index contributed by atoms with van der Waals surface area (Å²) in [7, 11) is 0. The highest BCUT2D eigenvalue weighted by atomic mass is 15.0. The van der Waals surface area contributed by atoms with Gasteiger partial charge in [-0.25, -0.2) is 4.98 Å². The zero-order valence-corrected chi connectivity index (χ0v) is 5.41. The van der Waals surface area contributed by atoms with Crippen molar-refractivity contribution in [1.82, 2.24) is 9.97 Å². The molecule has 1 aromatic heterocycles. The largest absolute Gasteiger partial charge is 0.382 e. The van der Waals surface area contributed by atoms with Gasteiger partial charge < -0.3 is 10.7 Å². The van der Waals surface area contributed by atoms with Gasteiger partial charge in [-0.1, -0.05) is 6.58 Å². The number of aliphatic imine (C=N–C) groups is 1. The molecule has 0 aliphatic heterocycles. The fraction of sp³-hybridized carbons (Fsp3) is 0. The lowest BCUT2D eigenvalue weighted by atomic mass is 10.5. The van der Waals surface area contributed by atoms with Gasteiger partial charge in [0, 0.05) is 6.20 Å². The summed E-state index contributed by atoms with van der Waals surface area (Å²) in [6.45, 7) is 3.42. The predicted molar refractivity (Wildman–Crippen MR) is 40.8 cm³/mol. The standard InChI is InChI=1S/C6H8N4/c1-2-8-3-5-6(7)10-4-9-5/h2-4H,1,7H2,(H,9,10). The summed E-state index contributed by atoms with van der Waals surface area (Å²) in [5.74, 6) is 0.450. The van der Waals surface area contributed by atoms with E-state index < -0.39 is 0 Å². The summed E-state index contributed by atoms with van der Waals surface area (Å²) in [6, 6.07) is 0. The van der Waals surface area contributed by atoms with Crippen molar-refractivity contribution < 1.29 is 0 Å². The average Bonchev–Trinajstić information content (AvgIpc) is 2.31. The van der Waals surface area contributed by atoms with Gasteiger partial charge in [0.25, 0.3) is 0 Å². The number of aromatic amines is 1. The second-order valence-electron chi connectivity index (χ2n) is 1.66. The van der Waals surface area contributed by atoms with Crippen molar-refractivity contribution in [3.8, 4) is 0 Å². The predicted octanol–water partition coefficient (Wildman–Crippen LogP) is 0.554. The molecular formula is C6H8N4. The van der Waals surface area contributed by atoms with E-state index in [9.17, 15) is 0 Å². The molecule has 52 valence electrons. The molecule has 0 saturated heterocycles. The van der Waals surface area contributed by atoms with Gasteiger partial charge in [-0.05, 0) is 0 Å². The molecule has 0 bridgehead atoms. The van der Waals surface area contributed by atoms with Crippen LogP contribution >= 0.6 is 0 Å². The fourth-order valence-electron chi connectivity index (χ4n) is 0.545. The maximum Gasteiger partial charge on any atom is 0.150 e. The Morgan fingerprint density at radius 3 is 3.10 bits per heavy atom. The van der Waals surface area contributed by atoms with Crippen LogP contribution in [0, 0.1) is 0 Å². The SMILES string of the molecule is C=CN=Cc1[nH]cnc1N. The van der Waals surface area contributed by atoms with Gasteiger partial charge >= 0.3 is 0 Å². The Balaban J connectivity index is 2.83. The zero-order chi connectivity index (χ0) is 7.40. The molecule has 4 heteroatoms. The number of nitrogens with one attached hydrogen (secondary N) is 1. The van der Waals surface area contributed by atoms with E-state index in [4.69, 9.17) is 5.73 Å². The minimum Gasteiger partial charge on any atom is -0.382 e. The number of rotatable bonds is 2. The van der Waals surface area contributed by atoms with Crippen LogP contribution in [0.5, 0.6) is 0 Å². The molecule has 0 amide bonds. The molecule has 0 aliphatic rings. The summed E-state index contributed by atoms with van der Waals surface area (Å²) in [5, 5.41) is 0. The van der Waals surface area contributed by atoms with E-state index in [2.05, 4.69) is 21.5 Å². The summed E-state index contributed by atoms with van der Waals surface area (Å²) in [5.41, 5.74) is 6.12. The van der Waals surface area contributed by atoms with Crippen LogP contribution in [0.2, 0.25) is 0 Å². The zero-order valence-electron chi connectivity index (χ0n) is 5.41. The van der Waals surface area contributed by atoms with Crippen LogP contribution in [-0.4, -0.2) is 16.2 Å². The number of hydrogen-bond acceptors (Lipinski definition) is 3. The first kappa shape index (κ1) is 6.54. The van der Waals surface area contributed by atoms with Crippen molar-refractivity contribution in [2.45, 2.75) is 0 Å². The van der Waals surface area contributed by atoms with Gasteiger partial charge in [-0.2, -0.15) is 0 Å². The summed E-state index contributed by atoms with van der Waals surface area (Å²) in [4.78, 5) is 10.3. The highest BCUT2D eigenvalue weighted by molar-refractivity contribution is 5.83. The van der Waals surface area contributed by atoms with Crippen LogP contribution in [0.3, 0.4) is 0 Å². The lowest BCUT2D eigenvalue weighted by Gasteiger charge is -1.84. The molecule has 0 aromatic carbocycles. The lowest BCUT2D eigenvalue weighted by molar-refractivity contribution is 1.31. The second-order valence-corrected chi connectivity index (χ2v) is 1.66. The number of H-pyrrole nitrogens is 1. The van der Waals surface area contributed by atoms with Crippen LogP contribution < -0.4 is 5.73 Å². The van der Waals surface area contributed by atoms with Gasteiger partial charge in [0.15, 0.2) is 5.82 Å². The molecule has 0 saturated carbocycles. The minimum atomic E-state index is 0.450. The second kappa shape index (κ2) is 2.82. The molecule has 1 rings (SSSR count). The normalized spacial score (nSPS) is 10.4. The first-order chi connectivity index (χ1) is 4.84. The van der Waals surface area contributed by atoms with Crippen LogP contribution in [-0.2, 0) is 0 Å². The monoisotopic (exact) mass is 136 g/mol. The maximum atomic E-state index is 5.41. The summed E-state index contributed by atoms with van der Waals surface area (Å²) in [6.07, 6.45) is 4.51. The van der Waals surface area contributed by atoms with E-state index in [-0.39, 0.29) is 0 Å². The van der Waals surface area contributed by atoms with Crippen molar-refractivity contribution >= 4 is 12.0 Å². The Bertz CT molecular complexity index is 248. The smallest absolute Gasteiger partial charge is 0.150 e. The molecule has 0 radical (unpaired) electrons. The van der Waals surface area contributed by atoms with Crippen LogP contribution in [0.25, 0.3) is 0 Å². The Kier molecular flexibility index (Phi) is 1.84. The van der Waals surface area contributed by atoms with Gasteiger partial charge in [-0.3, -0.25) is 4.99 Å². The van der Waals surface area contributed by atoms with Crippen molar-refractivity contribution in [2.75, 3.05) is 5.73 Å². The molecule has 0 unspecified atom stereocenters. The van der Waals surface area contributed by atoms with Gasteiger partial charge in [0.2, 0.25) is 0 Å². The number of imidazole rings is 1. The number of nitrogen functional groups attached to an aromatic ring is 1. The average molecular weight is 136 g/mol. The third-order valence-corrected chi connectivity index (χ3v) is 1.01. The number of nitrogens with two attached hydrogens (primary N) is 1. The molecule has 0 aliphatic carbocycles. The van der Waals surface area contributed by atoms with Crippen molar-refractivity contribution in [3.05, 3.63) is 24.8 Å². The highest BCUT2D eigenvalue weighted by Crippen LogP contribution is 1.99. The quantitative estimate of drug-likeness (QED) is 0.583. The fourth-order valence-corrected chi connectivity index (χ4v) is 0.545. The van der Waals surface area contributed by atoms with Crippen molar-refractivity contribution in [1.29, 1.82) is 0 Å². The lowest BCUT2D eigenvalue weighted by Crippen LogP contribution is -1.90. The van der Waals surface area contributed by atoms with Crippen molar-refractivity contribution in [3.63, 3.8) is 0 Å². The van der Waals surface area contributed by atoms with Crippen LogP contribution in [0.4, 0.5) is 5.82 Å². The number of nitrogens with zero attached hydrogens (tertiary/aromatic N) is 2. The van der Waals surface area contributed by atoms with E-state index in [0.717, 1.165) is 0 Å². The van der Waals surface area contributed by atoms with E-state index in [1.54, 1.807) is 6.21 Å². The van der Waals surface area contributed by atoms with Gasteiger partial charge in [0.1, 0.15) is 5.69 Å².